The lowest BCUT2D eigenvalue weighted by molar-refractivity contribution is 0.111. The van der Waals surface area contributed by atoms with E-state index in [4.69, 9.17) is 0 Å². The first kappa shape index (κ1) is 25.4. The lowest BCUT2D eigenvalue weighted by atomic mass is 10.1. The quantitative estimate of drug-likeness (QED) is 0.398. The molecule has 0 aliphatic carbocycles. The Balaban J connectivity index is 0.000000168. The summed E-state index contributed by atoms with van der Waals surface area (Å²) in [7, 11) is 3.73. The number of β-amino-alcohol motifs (C(OH)–C–C–N with tert-alkyl or cyclic N) is 1. The number of aromatic nitrogens is 3. The van der Waals surface area contributed by atoms with E-state index in [9.17, 15) is 14.3 Å². The first-order chi connectivity index (χ1) is 16.9. The molecule has 4 heterocycles. The van der Waals surface area contributed by atoms with Crippen molar-refractivity contribution < 1.29 is 14.3 Å². The average Bonchev–Trinajstić information content (AvgIpc) is 3.56. The zero-order valence-corrected chi connectivity index (χ0v) is 21.3. The number of carbonyl (C=O) groups is 1. The van der Waals surface area contributed by atoms with Gasteiger partial charge in [-0.1, -0.05) is 6.07 Å². The second-order valence-electron chi connectivity index (χ2n) is 8.85. The third-order valence-electron chi connectivity index (χ3n) is 6.53. The van der Waals surface area contributed by atoms with Gasteiger partial charge in [0.05, 0.1) is 30.6 Å². The topological polar surface area (TPSA) is 78.6 Å². The van der Waals surface area contributed by atoms with E-state index in [1.165, 1.54) is 11.8 Å². The maximum Gasteiger partial charge on any atom is 0.166 e. The van der Waals surface area contributed by atoms with Crippen molar-refractivity contribution in [1.29, 1.82) is 0 Å². The van der Waals surface area contributed by atoms with E-state index < -0.39 is 0 Å². The number of anilines is 1. The average molecular weight is 501 g/mol. The van der Waals surface area contributed by atoms with Crippen molar-refractivity contribution in [2.45, 2.75) is 44.0 Å². The van der Waals surface area contributed by atoms with Gasteiger partial charge < -0.3 is 19.9 Å². The van der Waals surface area contributed by atoms with Gasteiger partial charge in [0.25, 0.3) is 0 Å². The fraction of sp³-hybridized carbons (Fsp3) is 0.440. The van der Waals surface area contributed by atoms with Crippen LogP contribution in [0.1, 0.15) is 33.9 Å². The van der Waals surface area contributed by atoms with Crippen LogP contribution in [0.2, 0.25) is 0 Å². The Kier molecular flexibility index (Phi) is 8.27. The molecule has 3 aromatic rings. The zero-order chi connectivity index (χ0) is 24.9. The minimum absolute atomic E-state index is 0.187. The van der Waals surface area contributed by atoms with E-state index in [1.807, 2.05) is 46.4 Å². The molecule has 2 aromatic heterocycles. The highest BCUT2D eigenvalue weighted by molar-refractivity contribution is 7.97. The summed E-state index contributed by atoms with van der Waals surface area (Å²) in [5.41, 5.74) is 4.67. The molecule has 0 radical (unpaired) electrons. The molecule has 1 saturated heterocycles. The normalized spacial score (nSPS) is 17.7. The largest absolute Gasteiger partial charge is 0.391 e. The fourth-order valence-corrected chi connectivity index (χ4v) is 5.53. The van der Waals surface area contributed by atoms with E-state index >= 15 is 0 Å². The van der Waals surface area contributed by atoms with Gasteiger partial charge >= 0.3 is 0 Å². The van der Waals surface area contributed by atoms with Crippen LogP contribution in [0.25, 0.3) is 0 Å². The van der Waals surface area contributed by atoms with Crippen LogP contribution in [0, 0.1) is 12.7 Å². The highest BCUT2D eigenvalue weighted by atomic mass is 32.2. The maximum atomic E-state index is 13.7. The van der Waals surface area contributed by atoms with Gasteiger partial charge in [0.15, 0.2) is 6.29 Å². The molecule has 1 fully saturated rings. The number of fused-ring (bicyclic) bond motifs is 1. The lowest BCUT2D eigenvalue weighted by Crippen LogP contribution is -2.28. The number of halogens is 1. The molecule has 8 nitrogen and oxygen atoms in total. The number of benzene rings is 1. The van der Waals surface area contributed by atoms with Crippen LogP contribution in [0.3, 0.4) is 0 Å². The molecule has 35 heavy (non-hydrogen) atoms. The van der Waals surface area contributed by atoms with Gasteiger partial charge in [-0.2, -0.15) is 5.10 Å². The molecular weight excluding hydrogens is 467 g/mol. The molecule has 2 N–H and O–H groups in total. The minimum atomic E-state index is -0.286. The molecule has 188 valence electrons. The van der Waals surface area contributed by atoms with E-state index in [0.717, 1.165) is 60.9 Å². The third kappa shape index (κ3) is 5.78. The number of carbonyl (C=O) groups excluding carboxylic acids is 1. The molecule has 10 heteroatoms. The molecule has 1 unspecified atom stereocenters. The van der Waals surface area contributed by atoms with Crippen molar-refractivity contribution in [3.63, 3.8) is 0 Å². The van der Waals surface area contributed by atoms with Gasteiger partial charge in [-0.25, -0.2) is 8.70 Å². The predicted molar refractivity (Wildman–Crippen MR) is 136 cm³/mol. The molecule has 0 saturated carbocycles. The van der Waals surface area contributed by atoms with Gasteiger partial charge in [-0.05, 0) is 56.6 Å². The second kappa shape index (κ2) is 11.4. The standard InChI is InChI=1S/C13H16N4OS.C12H17FN2O/c1-10-13(7-12(9-18)15(10)2)19-16-5-6-17-11(8-16)3-4-14-17;1-14-7-10-11(13)3-2-4-12(10)15-6-5-9(16)8-15/h3-4,7,9H,5-6,8H2,1-2H3;2-4,9,14,16H,5-8H2,1H3. The van der Waals surface area contributed by atoms with Gasteiger partial charge in [0.2, 0.25) is 0 Å². The summed E-state index contributed by atoms with van der Waals surface area (Å²) in [6.45, 7) is 6.71. The predicted octanol–water partition coefficient (Wildman–Crippen LogP) is 2.98. The third-order valence-corrected chi connectivity index (χ3v) is 7.71. The monoisotopic (exact) mass is 500 g/mol. The van der Waals surface area contributed by atoms with Crippen molar-refractivity contribution in [2.24, 2.45) is 7.05 Å². The number of nitrogens with one attached hydrogen (secondary N) is 1. The number of aliphatic hydroxyl groups is 1. The van der Waals surface area contributed by atoms with Gasteiger partial charge in [0, 0.05) is 61.3 Å². The number of hydrogen-bond donors (Lipinski definition) is 2. The van der Waals surface area contributed by atoms with E-state index in [0.29, 0.717) is 18.7 Å². The molecule has 5 rings (SSSR count). The molecule has 0 bridgehead atoms. The van der Waals surface area contributed by atoms with E-state index in [1.54, 1.807) is 25.1 Å². The summed E-state index contributed by atoms with van der Waals surface area (Å²) in [6.07, 6.45) is 3.23. The van der Waals surface area contributed by atoms with E-state index in [2.05, 4.69) is 20.8 Å². The van der Waals surface area contributed by atoms with Crippen LogP contribution in [0.4, 0.5) is 10.1 Å². The number of aliphatic hydroxyl groups excluding tert-OH is 1. The lowest BCUT2D eigenvalue weighted by Gasteiger charge is -2.26. The molecular formula is C25H33FN6O2S. The summed E-state index contributed by atoms with van der Waals surface area (Å²) in [6, 6.07) is 9.12. The minimum Gasteiger partial charge on any atom is -0.391 e. The molecule has 2 aliphatic heterocycles. The highest BCUT2D eigenvalue weighted by Crippen LogP contribution is 2.31. The summed E-state index contributed by atoms with van der Waals surface area (Å²) >= 11 is 1.72. The van der Waals surface area contributed by atoms with Gasteiger partial charge in [0.1, 0.15) is 5.82 Å². The van der Waals surface area contributed by atoms with Crippen LogP contribution in [0.5, 0.6) is 0 Å². The highest BCUT2D eigenvalue weighted by Gasteiger charge is 2.23. The number of hydrogen-bond acceptors (Lipinski definition) is 7. The Morgan fingerprint density at radius 2 is 2.11 bits per heavy atom. The second-order valence-corrected chi connectivity index (χ2v) is 9.99. The SMILES string of the molecule is CNCc1c(F)cccc1N1CCC(O)C1.Cc1c(SN2CCn3nccc3C2)cc(C=O)n1C. The molecule has 2 aliphatic rings. The van der Waals surface area contributed by atoms with Crippen molar-refractivity contribution in [1.82, 2.24) is 24.0 Å². The van der Waals surface area contributed by atoms with E-state index in [-0.39, 0.29) is 11.9 Å². The van der Waals surface area contributed by atoms with Crippen molar-refractivity contribution in [3.05, 3.63) is 65.0 Å². The Morgan fingerprint density at radius 3 is 2.80 bits per heavy atom. The van der Waals surface area contributed by atoms with Crippen molar-refractivity contribution in [2.75, 3.05) is 31.6 Å². The van der Waals surface area contributed by atoms with Gasteiger partial charge in [-0.3, -0.25) is 9.48 Å². The smallest absolute Gasteiger partial charge is 0.166 e. The molecule has 1 atom stereocenters. The molecule has 0 spiro atoms. The summed E-state index contributed by atoms with van der Waals surface area (Å²) in [5.74, 6) is -0.187. The van der Waals surface area contributed by atoms with Gasteiger partial charge in [-0.15, -0.1) is 0 Å². The van der Waals surface area contributed by atoms with Crippen LogP contribution in [-0.4, -0.2) is 62.8 Å². The Labute approximate surface area is 209 Å². The maximum absolute atomic E-state index is 13.7. The zero-order valence-electron chi connectivity index (χ0n) is 20.4. The van der Waals surface area contributed by atoms with Crippen LogP contribution in [-0.2, 0) is 26.7 Å². The van der Waals surface area contributed by atoms with Crippen LogP contribution >= 0.6 is 11.9 Å². The Hall–Kier alpha value is -2.66. The van der Waals surface area contributed by atoms with Crippen LogP contribution in [0.15, 0.2) is 41.4 Å². The first-order valence-electron chi connectivity index (χ1n) is 11.8. The first-order valence-corrected chi connectivity index (χ1v) is 12.6. The van der Waals surface area contributed by atoms with Crippen LogP contribution < -0.4 is 10.2 Å². The number of rotatable bonds is 6. The summed E-state index contributed by atoms with van der Waals surface area (Å²) in [4.78, 5) is 14.2. The Morgan fingerprint density at radius 1 is 1.29 bits per heavy atom. The summed E-state index contributed by atoms with van der Waals surface area (Å²) in [5, 5.41) is 16.7. The Bertz CT molecular complexity index is 1160. The number of aldehydes is 1. The van der Waals surface area contributed by atoms with Crippen molar-refractivity contribution in [3.8, 4) is 0 Å². The van der Waals surface area contributed by atoms with Crippen molar-refractivity contribution >= 4 is 23.9 Å². The fourth-order valence-electron chi connectivity index (χ4n) is 4.43. The molecule has 0 amide bonds. The summed E-state index contributed by atoms with van der Waals surface area (Å²) < 4.78 is 20.0. The molecule has 1 aromatic carbocycles. The number of nitrogens with zero attached hydrogens (tertiary/aromatic N) is 5.